The Labute approximate surface area is 149 Å². The van der Waals surface area contributed by atoms with Gasteiger partial charge in [0.05, 0.1) is 18.2 Å². The van der Waals surface area contributed by atoms with Gasteiger partial charge < -0.3 is 14.2 Å². The third-order valence-electron chi connectivity index (χ3n) is 3.13. The lowest BCUT2D eigenvalue weighted by Gasteiger charge is -2.13. The molecule has 0 fully saturated rings. The van der Waals surface area contributed by atoms with E-state index in [1.807, 2.05) is 6.07 Å². The first-order valence-electron chi connectivity index (χ1n) is 7.40. The molecule has 2 rings (SSSR count). The highest BCUT2D eigenvalue weighted by atomic mass is 35.5. The molecule has 0 spiro atoms. The van der Waals surface area contributed by atoms with Crippen molar-refractivity contribution >= 4 is 17.6 Å². The van der Waals surface area contributed by atoms with E-state index in [9.17, 15) is 9.18 Å². The Bertz CT molecular complexity index is 833. The van der Waals surface area contributed by atoms with Gasteiger partial charge in [-0.05, 0) is 43.7 Å². The number of carbonyl (C=O) groups is 1. The Balaban J connectivity index is 2.26. The van der Waals surface area contributed by atoms with E-state index in [0.717, 1.165) is 0 Å². The number of rotatable bonds is 6. The van der Waals surface area contributed by atoms with Crippen LogP contribution in [0.15, 0.2) is 30.3 Å². The van der Waals surface area contributed by atoms with Gasteiger partial charge in [0.25, 0.3) is 0 Å². The fourth-order valence-corrected chi connectivity index (χ4v) is 2.24. The van der Waals surface area contributed by atoms with Crippen LogP contribution in [0.25, 0.3) is 0 Å². The minimum atomic E-state index is -0.761. The van der Waals surface area contributed by atoms with Crippen LogP contribution < -0.4 is 9.47 Å². The molecule has 0 unspecified atom stereocenters. The zero-order chi connectivity index (χ0) is 18.4. The van der Waals surface area contributed by atoms with E-state index in [1.165, 1.54) is 24.3 Å². The zero-order valence-corrected chi connectivity index (χ0v) is 14.4. The summed E-state index contributed by atoms with van der Waals surface area (Å²) >= 11 is 5.92. The minimum absolute atomic E-state index is 0.0764. The number of nitrogens with zero attached hydrogens (tertiary/aromatic N) is 1. The largest absolute Gasteiger partial charge is 0.479 e. The van der Waals surface area contributed by atoms with E-state index in [0.29, 0.717) is 10.6 Å². The summed E-state index contributed by atoms with van der Waals surface area (Å²) in [5.74, 6) is -1.36. The number of ether oxygens (including phenoxy) is 3. The normalized spacial score (nSPS) is 10.0. The Morgan fingerprint density at radius 2 is 2.08 bits per heavy atom. The predicted octanol–water partition coefficient (Wildman–Crippen LogP) is 4.39. The molecule has 0 aromatic heterocycles. The number of hydrogen-bond acceptors (Lipinski definition) is 5. The molecule has 0 radical (unpaired) electrons. The molecule has 0 atom stereocenters. The number of aryl methyl sites for hydroxylation is 1. The van der Waals surface area contributed by atoms with Crippen molar-refractivity contribution in [2.45, 2.75) is 13.8 Å². The van der Waals surface area contributed by atoms with Crippen LogP contribution in [-0.2, 0) is 9.53 Å². The van der Waals surface area contributed by atoms with E-state index in [-0.39, 0.29) is 29.4 Å². The standard InChI is InChI=1S/C18H15ClFNO4/c1-3-23-16(22)10-24-15-5-4-11(2)18(17(15)20)25-14-7-12(9-21)6-13(19)8-14/h4-8H,3,10H2,1-2H3. The fourth-order valence-electron chi connectivity index (χ4n) is 2.01. The molecule has 0 bridgehead atoms. The summed E-state index contributed by atoms with van der Waals surface area (Å²) in [4.78, 5) is 11.3. The number of hydrogen-bond donors (Lipinski definition) is 0. The first-order valence-corrected chi connectivity index (χ1v) is 7.78. The molecule has 0 amide bonds. The van der Waals surface area contributed by atoms with Crippen LogP contribution in [-0.4, -0.2) is 19.2 Å². The van der Waals surface area contributed by atoms with Crippen LogP contribution in [0.5, 0.6) is 17.2 Å². The van der Waals surface area contributed by atoms with Crippen molar-refractivity contribution in [1.29, 1.82) is 5.26 Å². The molecular formula is C18H15ClFNO4. The Kier molecular flexibility index (Phi) is 6.20. The monoisotopic (exact) mass is 363 g/mol. The quantitative estimate of drug-likeness (QED) is 0.712. The maximum Gasteiger partial charge on any atom is 0.344 e. The third kappa shape index (κ3) is 4.85. The van der Waals surface area contributed by atoms with E-state index in [2.05, 4.69) is 0 Å². The Morgan fingerprint density at radius 3 is 2.76 bits per heavy atom. The molecule has 2 aromatic carbocycles. The average Bonchev–Trinajstić information content (AvgIpc) is 2.57. The molecule has 0 aliphatic heterocycles. The van der Waals surface area contributed by atoms with Gasteiger partial charge in [-0.25, -0.2) is 4.79 Å². The fraction of sp³-hybridized carbons (Fsp3) is 0.222. The average molecular weight is 364 g/mol. The van der Waals surface area contributed by atoms with Gasteiger partial charge in [-0.2, -0.15) is 9.65 Å². The van der Waals surface area contributed by atoms with Crippen LogP contribution in [0.4, 0.5) is 4.39 Å². The number of nitriles is 1. The lowest BCUT2D eigenvalue weighted by atomic mass is 10.2. The van der Waals surface area contributed by atoms with Gasteiger partial charge in [-0.15, -0.1) is 0 Å². The molecule has 25 heavy (non-hydrogen) atoms. The molecule has 0 saturated carbocycles. The van der Waals surface area contributed by atoms with E-state index < -0.39 is 18.4 Å². The highest BCUT2D eigenvalue weighted by Gasteiger charge is 2.16. The van der Waals surface area contributed by atoms with Crippen molar-refractivity contribution in [2.75, 3.05) is 13.2 Å². The SMILES string of the molecule is CCOC(=O)COc1ccc(C)c(Oc2cc(Cl)cc(C#N)c2)c1F. The molecule has 2 aromatic rings. The summed E-state index contributed by atoms with van der Waals surface area (Å²) in [6.07, 6.45) is 0. The maximum absolute atomic E-state index is 14.6. The Morgan fingerprint density at radius 1 is 1.32 bits per heavy atom. The second-order valence-electron chi connectivity index (χ2n) is 5.01. The number of carbonyl (C=O) groups excluding carboxylic acids is 1. The molecule has 0 saturated heterocycles. The van der Waals surface area contributed by atoms with Crippen LogP contribution in [0.2, 0.25) is 5.02 Å². The van der Waals surface area contributed by atoms with Gasteiger partial charge in [0.1, 0.15) is 5.75 Å². The number of esters is 1. The topological polar surface area (TPSA) is 68.6 Å². The van der Waals surface area contributed by atoms with Gasteiger partial charge in [0, 0.05) is 5.02 Å². The number of benzene rings is 2. The van der Waals surface area contributed by atoms with Gasteiger partial charge in [-0.3, -0.25) is 0 Å². The maximum atomic E-state index is 14.6. The van der Waals surface area contributed by atoms with Gasteiger partial charge in [-0.1, -0.05) is 17.7 Å². The molecule has 130 valence electrons. The minimum Gasteiger partial charge on any atom is -0.479 e. The second kappa shape index (κ2) is 8.36. The lowest BCUT2D eigenvalue weighted by Crippen LogP contribution is -2.15. The summed E-state index contributed by atoms with van der Waals surface area (Å²) in [6, 6.07) is 9.31. The van der Waals surface area contributed by atoms with Crippen LogP contribution >= 0.6 is 11.6 Å². The summed E-state index contributed by atoms with van der Waals surface area (Å²) < 4.78 is 30.1. The van der Waals surface area contributed by atoms with Crippen LogP contribution in [0.1, 0.15) is 18.1 Å². The smallest absolute Gasteiger partial charge is 0.344 e. The van der Waals surface area contributed by atoms with Crippen LogP contribution in [0.3, 0.4) is 0 Å². The van der Waals surface area contributed by atoms with Crippen molar-refractivity contribution in [3.8, 4) is 23.3 Å². The molecule has 0 N–H and O–H groups in total. The molecule has 0 aliphatic carbocycles. The van der Waals surface area contributed by atoms with E-state index in [4.69, 9.17) is 31.1 Å². The lowest BCUT2D eigenvalue weighted by molar-refractivity contribution is -0.145. The van der Waals surface area contributed by atoms with Crippen LogP contribution in [0, 0.1) is 24.1 Å². The molecular weight excluding hydrogens is 349 g/mol. The summed E-state index contributed by atoms with van der Waals surface area (Å²) in [5, 5.41) is 9.26. The highest BCUT2D eigenvalue weighted by molar-refractivity contribution is 6.30. The molecule has 5 nitrogen and oxygen atoms in total. The van der Waals surface area contributed by atoms with Crippen molar-refractivity contribution in [3.05, 3.63) is 52.3 Å². The predicted molar refractivity (Wildman–Crippen MR) is 89.5 cm³/mol. The van der Waals surface area contributed by atoms with E-state index >= 15 is 0 Å². The van der Waals surface area contributed by atoms with Gasteiger partial charge in [0.2, 0.25) is 5.82 Å². The molecule has 0 heterocycles. The summed E-state index contributed by atoms with van der Waals surface area (Å²) in [6.45, 7) is 3.12. The Hall–Kier alpha value is -2.78. The van der Waals surface area contributed by atoms with Crippen molar-refractivity contribution < 1.29 is 23.4 Å². The summed E-state index contributed by atoms with van der Waals surface area (Å²) in [7, 11) is 0. The summed E-state index contributed by atoms with van der Waals surface area (Å²) in [5.41, 5.74) is 0.801. The molecule has 0 aliphatic rings. The highest BCUT2D eigenvalue weighted by Crippen LogP contribution is 2.34. The zero-order valence-electron chi connectivity index (χ0n) is 13.6. The van der Waals surface area contributed by atoms with Crippen molar-refractivity contribution in [1.82, 2.24) is 0 Å². The van der Waals surface area contributed by atoms with Crippen molar-refractivity contribution in [3.63, 3.8) is 0 Å². The van der Waals surface area contributed by atoms with Gasteiger partial charge in [0.15, 0.2) is 18.1 Å². The molecule has 7 heteroatoms. The van der Waals surface area contributed by atoms with E-state index in [1.54, 1.807) is 19.9 Å². The number of halogens is 2. The van der Waals surface area contributed by atoms with Crippen molar-refractivity contribution in [2.24, 2.45) is 0 Å². The van der Waals surface area contributed by atoms with Gasteiger partial charge >= 0.3 is 5.97 Å². The second-order valence-corrected chi connectivity index (χ2v) is 5.44. The first-order chi connectivity index (χ1) is 11.9. The third-order valence-corrected chi connectivity index (χ3v) is 3.35. The first kappa shape index (κ1) is 18.6.